The van der Waals surface area contributed by atoms with Crippen molar-refractivity contribution in [1.29, 1.82) is 0 Å². The zero-order chi connectivity index (χ0) is 16.7. The fourth-order valence-corrected chi connectivity index (χ4v) is 2.56. The molecule has 0 aromatic heterocycles. The fraction of sp³-hybridized carbons (Fsp3) is 0.0769. The number of hydrogen-bond acceptors (Lipinski definition) is 2. The summed E-state index contributed by atoms with van der Waals surface area (Å²) in [5, 5.41) is 10.6. The largest absolute Gasteiger partial charge is 0.417 e. The molecule has 9 heteroatoms. The molecule has 3 nitrogen and oxygen atoms in total. The molecule has 116 valence electrons. The maximum atomic E-state index is 13.2. The second-order valence-electron chi connectivity index (χ2n) is 4.18. The van der Waals surface area contributed by atoms with Crippen molar-refractivity contribution in [2.24, 2.45) is 0 Å². The van der Waals surface area contributed by atoms with Crippen LogP contribution in [0, 0.1) is 10.1 Å². The molecule has 0 aliphatic carbocycles. The Bertz CT molecular complexity index is 763. The van der Waals surface area contributed by atoms with Crippen LogP contribution in [-0.2, 0) is 6.18 Å². The average Bonchev–Trinajstić information content (AvgIpc) is 2.43. The number of alkyl halides is 3. The molecule has 0 amide bonds. The third kappa shape index (κ3) is 2.99. The molecular formula is C13H5Cl3F3NO2. The summed E-state index contributed by atoms with van der Waals surface area (Å²) in [5.41, 5.74) is -2.77. The van der Waals surface area contributed by atoms with Gasteiger partial charge in [-0.2, -0.15) is 13.2 Å². The van der Waals surface area contributed by atoms with Crippen LogP contribution in [0.3, 0.4) is 0 Å². The van der Waals surface area contributed by atoms with Gasteiger partial charge in [0.25, 0.3) is 5.69 Å². The van der Waals surface area contributed by atoms with Gasteiger partial charge in [-0.1, -0.05) is 46.9 Å². The van der Waals surface area contributed by atoms with Crippen molar-refractivity contribution in [3.63, 3.8) is 0 Å². The van der Waals surface area contributed by atoms with E-state index in [0.717, 1.165) is 24.3 Å². The van der Waals surface area contributed by atoms with Gasteiger partial charge >= 0.3 is 6.18 Å². The quantitative estimate of drug-likeness (QED) is 0.357. The summed E-state index contributed by atoms with van der Waals surface area (Å²) in [7, 11) is 0. The number of hydrogen-bond donors (Lipinski definition) is 0. The van der Waals surface area contributed by atoms with E-state index in [1.54, 1.807) is 0 Å². The predicted octanol–water partition coefficient (Wildman–Crippen LogP) is 6.24. The Kier molecular flexibility index (Phi) is 4.56. The van der Waals surface area contributed by atoms with Crippen LogP contribution < -0.4 is 0 Å². The van der Waals surface area contributed by atoms with Crippen molar-refractivity contribution in [2.45, 2.75) is 6.18 Å². The lowest BCUT2D eigenvalue weighted by atomic mass is 9.97. The summed E-state index contributed by atoms with van der Waals surface area (Å²) < 4.78 is 39.5. The predicted molar refractivity (Wildman–Crippen MR) is 78.6 cm³/mol. The molecule has 0 bridgehead atoms. The first kappa shape index (κ1) is 16.9. The molecule has 0 unspecified atom stereocenters. The van der Waals surface area contributed by atoms with Crippen molar-refractivity contribution >= 4 is 40.5 Å². The SMILES string of the molecule is O=[N+]([O-])c1cccc(C(F)(F)F)c1-c1ccc(Cl)c(Cl)c1Cl. The molecule has 0 aliphatic heterocycles. The van der Waals surface area contributed by atoms with Gasteiger partial charge in [-0.25, -0.2) is 0 Å². The highest BCUT2D eigenvalue weighted by Gasteiger charge is 2.37. The Morgan fingerprint density at radius 1 is 1.00 bits per heavy atom. The van der Waals surface area contributed by atoms with Gasteiger partial charge in [0.1, 0.15) is 0 Å². The molecule has 0 N–H and O–H groups in total. The van der Waals surface area contributed by atoms with E-state index < -0.39 is 27.9 Å². The molecule has 0 aliphatic rings. The standard InChI is InChI=1S/C13H5Cl3F3NO2/c14-8-5-4-6(11(15)12(8)16)10-7(13(17,18)19)2-1-3-9(10)20(21)22/h1-5H. The van der Waals surface area contributed by atoms with E-state index in [-0.39, 0.29) is 20.6 Å². The minimum Gasteiger partial charge on any atom is -0.258 e. The minimum absolute atomic E-state index is 0.0301. The van der Waals surface area contributed by atoms with Gasteiger partial charge in [-0.15, -0.1) is 0 Å². The van der Waals surface area contributed by atoms with Gasteiger partial charge in [0.15, 0.2) is 0 Å². The molecule has 0 heterocycles. The van der Waals surface area contributed by atoms with Crippen LogP contribution in [0.5, 0.6) is 0 Å². The fourth-order valence-electron chi connectivity index (χ4n) is 1.93. The van der Waals surface area contributed by atoms with Crippen LogP contribution >= 0.6 is 34.8 Å². The lowest BCUT2D eigenvalue weighted by Crippen LogP contribution is -2.09. The van der Waals surface area contributed by atoms with Crippen LogP contribution in [0.4, 0.5) is 18.9 Å². The molecule has 0 saturated carbocycles. The Balaban J connectivity index is 2.90. The molecule has 2 aromatic carbocycles. The van der Waals surface area contributed by atoms with Gasteiger partial charge in [0.05, 0.1) is 31.1 Å². The average molecular weight is 371 g/mol. The Morgan fingerprint density at radius 3 is 2.18 bits per heavy atom. The second-order valence-corrected chi connectivity index (χ2v) is 5.34. The zero-order valence-electron chi connectivity index (χ0n) is 10.4. The topological polar surface area (TPSA) is 43.1 Å². The van der Waals surface area contributed by atoms with Crippen molar-refractivity contribution in [3.05, 3.63) is 61.1 Å². The Morgan fingerprint density at radius 2 is 1.64 bits per heavy atom. The van der Waals surface area contributed by atoms with Crippen molar-refractivity contribution < 1.29 is 18.1 Å². The first-order valence-electron chi connectivity index (χ1n) is 5.63. The summed E-state index contributed by atoms with van der Waals surface area (Å²) in [6.45, 7) is 0. The molecule has 0 saturated heterocycles. The summed E-state index contributed by atoms with van der Waals surface area (Å²) in [6, 6.07) is 5.04. The number of nitro benzene ring substituents is 1. The molecule has 0 atom stereocenters. The summed E-state index contributed by atoms with van der Waals surface area (Å²) in [5.74, 6) is 0. The van der Waals surface area contributed by atoms with E-state index in [4.69, 9.17) is 34.8 Å². The van der Waals surface area contributed by atoms with Gasteiger partial charge in [-0.3, -0.25) is 10.1 Å². The first-order chi connectivity index (χ1) is 10.1. The number of nitrogens with zero attached hydrogens (tertiary/aromatic N) is 1. The van der Waals surface area contributed by atoms with E-state index in [1.165, 1.54) is 6.07 Å². The highest BCUT2D eigenvalue weighted by molar-refractivity contribution is 6.49. The van der Waals surface area contributed by atoms with Gasteiger partial charge in [0.2, 0.25) is 0 Å². The van der Waals surface area contributed by atoms with Crippen LogP contribution in [0.25, 0.3) is 11.1 Å². The van der Waals surface area contributed by atoms with Crippen LogP contribution in [0.2, 0.25) is 15.1 Å². The lowest BCUT2D eigenvalue weighted by Gasteiger charge is -2.15. The lowest BCUT2D eigenvalue weighted by molar-refractivity contribution is -0.384. The first-order valence-corrected chi connectivity index (χ1v) is 6.76. The Hall–Kier alpha value is -1.50. The number of halogens is 6. The van der Waals surface area contributed by atoms with E-state index in [1.807, 2.05) is 0 Å². The third-order valence-corrected chi connectivity index (χ3v) is 4.14. The Labute approximate surface area is 137 Å². The maximum Gasteiger partial charge on any atom is 0.417 e. The van der Waals surface area contributed by atoms with Gasteiger partial charge in [0, 0.05) is 11.6 Å². The number of rotatable bonds is 2. The van der Waals surface area contributed by atoms with Crippen molar-refractivity contribution in [3.8, 4) is 11.1 Å². The molecule has 22 heavy (non-hydrogen) atoms. The maximum absolute atomic E-state index is 13.2. The van der Waals surface area contributed by atoms with E-state index in [2.05, 4.69) is 0 Å². The molecule has 2 rings (SSSR count). The van der Waals surface area contributed by atoms with Crippen LogP contribution in [0.15, 0.2) is 30.3 Å². The van der Waals surface area contributed by atoms with Gasteiger partial charge in [-0.05, 0) is 12.1 Å². The molecule has 2 aromatic rings. The molecule has 0 spiro atoms. The molecule has 0 fully saturated rings. The number of nitro groups is 1. The van der Waals surface area contributed by atoms with Crippen molar-refractivity contribution in [2.75, 3.05) is 0 Å². The minimum atomic E-state index is -4.79. The van der Waals surface area contributed by atoms with E-state index in [0.29, 0.717) is 0 Å². The van der Waals surface area contributed by atoms with Crippen LogP contribution in [0.1, 0.15) is 5.56 Å². The molecule has 0 radical (unpaired) electrons. The van der Waals surface area contributed by atoms with Crippen molar-refractivity contribution in [1.82, 2.24) is 0 Å². The highest BCUT2D eigenvalue weighted by atomic mass is 35.5. The normalized spacial score (nSPS) is 11.5. The summed E-state index contributed by atoms with van der Waals surface area (Å²) in [4.78, 5) is 10.2. The van der Waals surface area contributed by atoms with E-state index in [9.17, 15) is 23.3 Å². The second kappa shape index (κ2) is 5.95. The van der Waals surface area contributed by atoms with Gasteiger partial charge < -0.3 is 0 Å². The third-order valence-electron chi connectivity index (χ3n) is 2.85. The van der Waals surface area contributed by atoms with Crippen LogP contribution in [-0.4, -0.2) is 4.92 Å². The summed E-state index contributed by atoms with van der Waals surface area (Å²) in [6.07, 6.45) is -4.79. The molecular weight excluding hydrogens is 366 g/mol. The highest BCUT2D eigenvalue weighted by Crippen LogP contribution is 2.46. The smallest absolute Gasteiger partial charge is 0.258 e. The summed E-state index contributed by atoms with van der Waals surface area (Å²) >= 11 is 17.5. The van der Waals surface area contributed by atoms with E-state index >= 15 is 0 Å². The zero-order valence-corrected chi connectivity index (χ0v) is 12.7. The number of benzene rings is 2. The monoisotopic (exact) mass is 369 g/mol.